The van der Waals surface area contributed by atoms with E-state index in [2.05, 4.69) is 5.32 Å². The third kappa shape index (κ3) is 6.98. The van der Waals surface area contributed by atoms with Crippen LogP contribution < -0.4 is 19.1 Å². The number of carbonyl (C=O) groups excluding carboxylic acids is 2. The highest BCUT2D eigenvalue weighted by Gasteiger charge is 2.33. The number of carbonyl (C=O) groups is 2. The summed E-state index contributed by atoms with van der Waals surface area (Å²) in [4.78, 5) is 27.3. The van der Waals surface area contributed by atoms with E-state index in [-0.39, 0.29) is 22.9 Å². The zero-order chi connectivity index (χ0) is 28.7. The molecule has 0 aromatic heterocycles. The van der Waals surface area contributed by atoms with Gasteiger partial charge in [0.2, 0.25) is 11.8 Å². The molecule has 2 amide bonds. The summed E-state index contributed by atoms with van der Waals surface area (Å²) in [5.74, 6) is -1.21. The van der Waals surface area contributed by atoms with E-state index in [1.807, 2.05) is 0 Å². The van der Waals surface area contributed by atoms with Gasteiger partial charge in [0, 0.05) is 24.7 Å². The summed E-state index contributed by atoms with van der Waals surface area (Å²) in [6, 6.07) is 14.5. The first-order chi connectivity index (χ1) is 18.5. The van der Waals surface area contributed by atoms with Crippen molar-refractivity contribution in [1.82, 2.24) is 10.2 Å². The van der Waals surface area contributed by atoms with Crippen LogP contribution in [-0.2, 0) is 26.2 Å². The van der Waals surface area contributed by atoms with Gasteiger partial charge < -0.3 is 19.7 Å². The topological polar surface area (TPSA) is 105 Å². The lowest BCUT2D eigenvalue weighted by Gasteiger charge is -2.31. The molecule has 0 aliphatic carbocycles. The van der Waals surface area contributed by atoms with Crippen molar-refractivity contribution in [3.05, 3.63) is 83.1 Å². The van der Waals surface area contributed by atoms with Crippen molar-refractivity contribution in [3.63, 3.8) is 0 Å². The van der Waals surface area contributed by atoms with Crippen LogP contribution in [-0.4, -0.2) is 59.0 Å². The number of benzene rings is 3. The summed E-state index contributed by atoms with van der Waals surface area (Å²) >= 11 is 6.11. The molecule has 3 rings (SSSR count). The van der Waals surface area contributed by atoms with Crippen molar-refractivity contribution in [2.24, 2.45) is 0 Å². The molecule has 0 spiro atoms. The Bertz CT molecular complexity index is 1440. The lowest BCUT2D eigenvalue weighted by atomic mass is 10.1. The summed E-state index contributed by atoms with van der Waals surface area (Å²) in [5, 5.41) is 2.95. The van der Waals surface area contributed by atoms with Gasteiger partial charge in [-0.3, -0.25) is 13.9 Å². The minimum absolute atomic E-state index is 0.0123. The maximum absolute atomic E-state index is 13.9. The molecule has 1 atom stereocenters. The number of hydrogen-bond donors (Lipinski definition) is 1. The Balaban J connectivity index is 2.07. The van der Waals surface area contributed by atoms with Crippen LogP contribution in [0.3, 0.4) is 0 Å². The quantitative estimate of drug-likeness (QED) is 0.371. The van der Waals surface area contributed by atoms with Crippen LogP contribution >= 0.6 is 11.6 Å². The number of sulfonamides is 1. The van der Waals surface area contributed by atoms with E-state index in [4.69, 9.17) is 21.1 Å². The first-order valence-corrected chi connectivity index (χ1v) is 13.6. The van der Waals surface area contributed by atoms with Crippen molar-refractivity contribution in [1.29, 1.82) is 0 Å². The van der Waals surface area contributed by atoms with Crippen molar-refractivity contribution in [2.45, 2.75) is 24.4 Å². The second-order valence-corrected chi connectivity index (χ2v) is 10.7. The Labute approximate surface area is 232 Å². The summed E-state index contributed by atoms with van der Waals surface area (Å²) in [6.07, 6.45) is 0. The lowest BCUT2D eigenvalue weighted by molar-refractivity contribution is -0.139. The van der Waals surface area contributed by atoms with E-state index < -0.39 is 40.2 Å². The molecule has 9 nitrogen and oxygen atoms in total. The molecule has 0 aliphatic rings. The fraction of sp³-hybridized carbons (Fsp3) is 0.259. The van der Waals surface area contributed by atoms with Crippen molar-refractivity contribution < 1.29 is 31.9 Å². The number of amides is 2. The molecule has 208 valence electrons. The van der Waals surface area contributed by atoms with Crippen LogP contribution in [0.25, 0.3) is 0 Å². The molecular formula is C27H29ClFN3O6S. The molecule has 39 heavy (non-hydrogen) atoms. The number of nitrogens with one attached hydrogen (secondary N) is 1. The number of nitrogens with zero attached hydrogens (tertiary/aromatic N) is 2. The number of methoxy groups -OCH3 is 2. The molecule has 3 aromatic carbocycles. The van der Waals surface area contributed by atoms with Gasteiger partial charge in [-0.2, -0.15) is 0 Å². The third-order valence-corrected chi connectivity index (χ3v) is 8.00. The highest BCUT2D eigenvalue weighted by atomic mass is 35.5. The molecule has 12 heteroatoms. The predicted molar refractivity (Wildman–Crippen MR) is 146 cm³/mol. The molecule has 0 bridgehead atoms. The van der Waals surface area contributed by atoms with Crippen LogP contribution in [0.15, 0.2) is 71.6 Å². The third-order valence-electron chi connectivity index (χ3n) is 5.99. The van der Waals surface area contributed by atoms with Gasteiger partial charge in [0.15, 0.2) is 11.5 Å². The van der Waals surface area contributed by atoms with Crippen LogP contribution in [0.2, 0.25) is 5.02 Å². The minimum Gasteiger partial charge on any atom is -0.493 e. The second-order valence-electron chi connectivity index (χ2n) is 8.45. The average molecular weight is 578 g/mol. The van der Waals surface area contributed by atoms with E-state index >= 15 is 0 Å². The van der Waals surface area contributed by atoms with E-state index in [1.54, 1.807) is 24.3 Å². The molecule has 0 fully saturated rings. The Morgan fingerprint density at radius 2 is 1.67 bits per heavy atom. The monoisotopic (exact) mass is 577 g/mol. The maximum Gasteiger partial charge on any atom is 0.264 e. The Morgan fingerprint density at radius 3 is 2.26 bits per heavy atom. The highest BCUT2D eigenvalue weighted by Crippen LogP contribution is 2.32. The van der Waals surface area contributed by atoms with Gasteiger partial charge in [0.05, 0.1) is 24.8 Å². The summed E-state index contributed by atoms with van der Waals surface area (Å²) in [7, 11) is -0.162. The molecule has 0 unspecified atom stereocenters. The van der Waals surface area contributed by atoms with Crippen LogP contribution in [0.1, 0.15) is 12.5 Å². The molecule has 0 saturated carbocycles. The first-order valence-electron chi connectivity index (χ1n) is 11.8. The van der Waals surface area contributed by atoms with E-state index in [0.717, 1.165) is 16.4 Å². The van der Waals surface area contributed by atoms with E-state index in [1.165, 1.54) is 63.4 Å². The van der Waals surface area contributed by atoms with Gasteiger partial charge in [0.1, 0.15) is 18.4 Å². The number of hydrogen-bond acceptors (Lipinski definition) is 6. The zero-order valence-corrected chi connectivity index (χ0v) is 23.4. The zero-order valence-electron chi connectivity index (χ0n) is 21.9. The molecule has 0 radical (unpaired) electrons. The van der Waals surface area contributed by atoms with Crippen LogP contribution in [0.4, 0.5) is 10.1 Å². The van der Waals surface area contributed by atoms with Crippen molar-refractivity contribution in [3.8, 4) is 11.5 Å². The van der Waals surface area contributed by atoms with Crippen LogP contribution in [0.5, 0.6) is 11.5 Å². The summed E-state index contributed by atoms with van der Waals surface area (Å²) in [5.41, 5.74) is 0.692. The van der Waals surface area contributed by atoms with Crippen molar-refractivity contribution >= 4 is 39.1 Å². The van der Waals surface area contributed by atoms with Gasteiger partial charge in [-0.25, -0.2) is 12.8 Å². The minimum atomic E-state index is -4.38. The molecule has 0 saturated heterocycles. The van der Waals surface area contributed by atoms with E-state index in [9.17, 15) is 22.4 Å². The smallest absolute Gasteiger partial charge is 0.264 e. The maximum atomic E-state index is 13.9. The van der Waals surface area contributed by atoms with Gasteiger partial charge in [0.25, 0.3) is 10.0 Å². The fourth-order valence-corrected chi connectivity index (χ4v) is 5.51. The molecule has 3 aromatic rings. The highest BCUT2D eigenvalue weighted by molar-refractivity contribution is 7.92. The standard InChI is InChI=1S/C27H29ClFN3O6S/c1-18(27(34)30-2)31(16-19-6-5-7-20(28)14-19)26(33)17-32(22-10-8-21(29)9-11-22)39(35,36)23-12-13-24(37-3)25(15-23)38-4/h5-15,18H,16-17H2,1-4H3,(H,30,34)/t18-/m0/s1. The lowest BCUT2D eigenvalue weighted by Crippen LogP contribution is -2.50. The van der Waals surface area contributed by atoms with Gasteiger partial charge >= 0.3 is 0 Å². The summed E-state index contributed by atoms with van der Waals surface area (Å²) in [6.45, 7) is 0.845. The fourth-order valence-electron chi connectivity index (χ4n) is 3.86. The number of rotatable bonds is 11. The SMILES string of the molecule is CNC(=O)[C@H](C)N(Cc1cccc(Cl)c1)C(=O)CN(c1ccc(F)cc1)S(=O)(=O)c1ccc(OC)c(OC)c1. The molecular weight excluding hydrogens is 549 g/mol. The number of anilines is 1. The Hall–Kier alpha value is -3.83. The van der Waals surface area contributed by atoms with Crippen molar-refractivity contribution in [2.75, 3.05) is 32.1 Å². The number of likely N-dealkylation sites (N-methyl/N-ethyl adjacent to an activating group) is 1. The van der Waals surface area contributed by atoms with Gasteiger partial charge in [-0.1, -0.05) is 23.7 Å². The average Bonchev–Trinajstić information content (AvgIpc) is 2.93. The Morgan fingerprint density at radius 1 is 1.00 bits per heavy atom. The summed E-state index contributed by atoms with van der Waals surface area (Å²) < 4.78 is 52.8. The molecule has 0 heterocycles. The largest absolute Gasteiger partial charge is 0.493 e. The van der Waals surface area contributed by atoms with Crippen LogP contribution in [0, 0.1) is 5.82 Å². The molecule has 1 N–H and O–H groups in total. The first kappa shape index (κ1) is 29.7. The number of ether oxygens (including phenoxy) is 2. The molecule has 0 aliphatic heterocycles. The van der Waals surface area contributed by atoms with Gasteiger partial charge in [-0.05, 0) is 61.0 Å². The number of halogens is 2. The second kappa shape index (κ2) is 12.8. The predicted octanol–water partition coefficient (Wildman–Crippen LogP) is 3.85. The van der Waals surface area contributed by atoms with Gasteiger partial charge in [-0.15, -0.1) is 0 Å². The van der Waals surface area contributed by atoms with E-state index in [0.29, 0.717) is 16.3 Å². The normalized spacial score (nSPS) is 11.8. The Kier molecular flexibility index (Phi) is 9.76.